The molecule has 1 aromatic rings. The fourth-order valence-electron chi connectivity index (χ4n) is 2.02. The molecule has 3 heteroatoms. The molecule has 1 aliphatic carbocycles. The smallest absolute Gasteiger partial charge is 0.122 e. The second-order valence-electron chi connectivity index (χ2n) is 4.30. The van der Waals surface area contributed by atoms with E-state index in [1.54, 1.807) is 7.11 Å². The van der Waals surface area contributed by atoms with Gasteiger partial charge in [-0.2, -0.15) is 0 Å². The van der Waals surface area contributed by atoms with Crippen LogP contribution in [0.4, 0.5) is 5.69 Å². The number of nitrogens with one attached hydrogen (secondary N) is 1. The summed E-state index contributed by atoms with van der Waals surface area (Å²) >= 11 is 3.48. The quantitative estimate of drug-likeness (QED) is 0.904. The predicted molar refractivity (Wildman–Crippen MR) is 66.5 cm³/mol. The fourth-order valence-corrected chi connectivity index (χ4v) is 2.49. The standard InChI is InChI=1S/C12H16BrNO/c1-8-3-10(4-8)14-11-5-9(13)6-12(7-11)15-2/h5-8,10,14H,3-4H2,1-2H3. The van der Waals surface area contributed by atoms with Gasteiger partial charge in [-0.15, -0.1) is 0 Å². The lowest BCUT2D eigenvalue weighted by Crippen LogP contribution is -2.33. The van der Waals surface area contributed by atoms with Crippen LogP contribution in [0, 0.1) is 5.92 Å². The maximum absolute atomic E-state index is 5.22. The number of hydrogen-bond donors (Lipinski definition) is 1. The van der Waals surface area contributed by atoms with Gasteiger partial charge >= 0.3 is 0 Å². The predicted octanol–water partition coefficient (Wildman–Crippen LogP) is 3.67. The number of benzene rings is 1. The first-order chi connectivity index (χ1) is 7.17. The molecule has 0 unspecified atom stereocenters. The minimum atomic E-state index is 0.638. The average molecular weight is 270 g/mol. The summed E-state index contributed by atoms with van der Waals surface area (Å²) in [5, 5.41) is 3.51. The number of ether oxygens (including phenoxy) is 1. The van der Waals surface area contributed by atoms with Crippen molar-refractivity contribution in [1.82, 2.24) is 0 Å². The van der Waals surface area contributed by atoms with Crippen LogP contribution in [0.3, 0.4) is 0 Å². The van der Waals surface area contributed by atoms with Crippen LogP contribution in [-0.2, 0) is 0 Å². The molecule has 1 aromatic carbocycles. The maximum Gasteiger partial charge on any atom is 0.122 e. The van der Waals surface area contributed by atoms with Crippen molar-refractivity contribution in [3.63, 3.8) is 0 Å². The zero-order valence-electron chi connectivity index (χ0n) is 9.09. The molecule has 2 rings (SSSR count). The van der Waals surface area contributed by atoms with Gasteiger partial charge in [0.25, 0.3) is 0 Å². The Hall–Kier alpha value is -0.700. The number of hydrogen-bond acceptors (Lipinski definition) is 2. The van der Waals surface area contributed by atoms with Gasteiger partial charge in [0.1, 0.15) is 5.75 Å². The first kappa shape index (κ1) is 10.8. The molecule has 2 nitrogen and oxygen atoms in total. The second kappa shape index (κ2) is 4.44. The van der Waals surface area contributed by atoms with E-state index in [1.807, 2.05) is 12.1 Å². The van der Waals surface area contributed by atoms with E-state index in [0.29, 0.717) is 6.04 Å². The van der Waals surface area contributed by atoms with Gasteiger partial charge < -0.3 is 10.1 Å². The number of halogens is 1. The SMILES string of the molecule is COc1cc(Br)cc(NC2CC(C)C2)c1. The normalized spacial score (nSPS) is 24.5. The van der Waals surface area contributed by atoms with E-state index in [4.69, 9.17) is 4.74 Å². The highest BCUT2D eigenvalue weighted by Crippen LogP contribution is 2.31. The Morgan fingerprint density at radius 1 is 1.33 bits per heavy atom. The highest BCUT2D eigenvalue weighted by molar-refractivity contribution is 9.10. The van der Waals surface area contributed by atoms with Crippen molar-refractivity contribution >= 4 is 21.6 Å². The molecule has 1 fully saturated rings. The molecule has 0 heterocycles. The third kappa shape index (κ3) is 2.65. The molecule has 0 saturated heterocycles. The van der Waals surface area contributed by atoms with Gasteiger partial charge in [0, 0.05) is 22.3 Å². The summed E-state index contributed by atoms with van der Waals surface area (Å²) in [5.41, 5.74) is 1.14. The van der Waals surface area contributed by atoms with Crippen LogP contribution < -0.4 is 10.1 Å². The Kier molecular flexibility index (Phi) is 3.19. The lowest BCUT2D eigenvalue weighted by molar-refractivity contribution is 0.309. The zero-order chi connectivity index (χ0) is 10.8. The largest absolute Gasteiger partial charge is 0.497 e. The summed E-state index contributed by atoms with van der Waals surface area (Å²) in [6.07, 6.45) is 2.55. The Labute approximate surface area is 99.1 Å². The molecule has 0 bridgehead atoms. The van der Waals surface area contributed by atoms with E-state index in [0.717, 1.165) is 21.8 Å². The van der Waals surface area contributed by atoms with E-state index in [-0.39, 0.29) is 0 Å². The summed E-state index contributed by atoms with van der Waals surface area (Å²) in [4.78, 5) is 0. The topological polar surface area (TPSA) is 21.3 Å². The van der Waals surface area contributed by atoms with E-state index >= 15 is 0 Å². The van der Waals surface area contributed by atoms with Gasteiger partial charge in [0.2, 0.25) is 0 Å². The average Bonchev–Trinajstić information content (AvgIpc) is 2.14. The van der Waals surface area contributed by atoms with Crippen LogP contribution in [0.25, 0.3) is 0 Å². The molecule has 1 aliphatic rings. The monoisotopic (exact) mass is 269 g/mol. The van der Waals surface area contributed by atoms with Crippen LogP contribution in [-0.4, -0.2) is 13.2 Å². The molecule has 1 N–H and O–H groups in total. The van der Waals surface area contributed by atoms with Crippen molar-refractivity contribution in [2.75, 3.05) is 12.4 Å². The van der Waals surface area contributed by atoms with Crippen molar-refractivity contribution in [3.8, 4) is 5.75 Å². The molecular weight excluding hydrogens is 254 g/mol. The van der Waals surface area contributed by atoms with Gasteiger partial charge in [-0.1, -0.05) is 22.9 Å². The van der Waals surface area contributed by atoms with Gasteiger partial charge in [0.15, 0.2) is 0 Å². The van der Waals surface area contributed by atoms with E-state index in [2.05, 4.69) is 34.2 Å². The highest BCUT2D eigenvalue weighted by Gasteiger charge is 2.24. The number of anilines is 1. The number of rotatable bonds is 3. The van der Waals surface area contributed by atoms with E-state index < -0.39 is 0 Å². The van der Waals surface area contributed by atoms with E-state index in [9.17, 15) is 0 Å². The molecule has 0 aromatic heterocycles. The van der Waals surface area contributed by atoms with Crippen molar-refractivity contribution in [1.29, 1.82) is 0 Å². The first-order valence-corrected chi connectivity index (χ1v) is 6.08. The zero-order valence-corrected chi connectivity index (χ0v) is 10.7. The van der Waals surface area contributed by atoms with Crippen molar-refractivity contribution in [3.05, 3.63) is 22.7 Å². The van der Waals surface area contributed by atoms with Crippen LogP contribution in [0.15, 0.2) is 22.7 Å². The summed E-state index contributed by atoms with van der Waals surface area (Å²) in [6.45, 7) is 2.29. The Balaban J connectivity index is 2.04. The van der Waals surface area contributed by atoms with Crippen LogP contribution >= 0.6 is 15.9 Å². The van der Waals surface area contributed by atoms with Crippen molar-refractivity contribution in [2.45, 2.75) is 25.8 Å². The molecule has 15 heavy (non-hydrogen) atoms. The number of methoxy groups -OCH3 is 1. The molecule has 0 radical (unpaired) electrons. The van der Waals surface area contributed by atoms with Gasteiger partial charge in [-0.25, -0.2) is 0 Å². The second-order valence-corrected chi connectivity index (χ2v) is 5.21. The van der Waals surface area contributed by atoms with Crippen LogP contribution in [0.2, 0.25) is 0 Å². The van der Waals surface area contributed by atoms with Crippen molar-refractivity contribution in [2.24, 2.45) is 5.92 Å². The molecular formula is C12H16BrNO. The minimum absolute atomic E-state index is 0.638. The first-order valence-electron chi connectivity index (χ1n) is 5.28. The lowest BCUT2D eigenvalue weighted by atomic mass is 9.82. The lowest BCUT2D eigenvalue weighted by Gasteiger charge is -2.34. The molecule has 0 atom stereocenters. The molecule has 0 spiro atoms. The molecule has 0 aliphatic heterocycles. The Morgan fingerprint density at radius 3 is 2.67 bits per heavy atom. The van der Waals surface area contributed by atoms with Crippen molar-refractivity contribution < 1.29 is 4.74 Å². The van der Waals surface area contributed by atoms with Crippen LogP contribution in [0.1, 0.15) is 19.8 Å². The minimum Gasteiger partial charge on any atom is -0.497 e. The summed E-state index contributed by atoms with van der Waals surface area (Å²) < 4.78 is 6.27. The third-order valence-corrected chi connectivity index (χ3v) is 3.31. The molecule has 82 valence electrons. The van der Waals surface area contributed by atoms with Gasteiger partial charge in [-0.05, 0) is 30.9 Å². The highest BCUT2D eigenvalue weighted by atomic mass is 79.9. The van der Waals surface area contributed by atoms with Gasteiger partial charge in [0.05, 0.1) is 7.11 Å². The molecule has 0 amide bonds. The third-order valence-electron chi connectivity index (χ3n) is 2.85. The molecule has 1 saturated carbocycles. The Morgan fingerprint density at radius 2 is 2.07 bits per heavy atom. The summed E-state index contributed by atoms with van der Waals surface area (Å²) in [6, 6.07) is 6.73. The van der Waals surface area contributed by atoms with Gasteiger partial charge in [-0.3, -0.25) is 0 Å². The Bertz CT molecular complexity index is 347. The van der Waals surface area contributed by atoms with Crippen LogP contribution in [0.5, 0.6) is 5.75 Å². The summed E-state index contributed by atoms with van der Waals surface area (Å²) in [7, 11) is 1.69. The summed E-state index contributed by atoms with van der Waals surface area (Å²) in [5.74, 6) is 1.76. The fraction of sp³-hybridized carbons (Fsp3) is 0.500. The van der Waals surface area contributed by atoms with E-state index in [1.165, 1.54) is 12.8 Å². The maximum atomic E-state index is 5.22.